The van der Waals surface area contributed by atoms with Crippen LogP contribution in [0.5, 0.6) is 5.75 Å². The first-order valence-corrected chi connectivity index (χ1v) is 9.49. The number of hydrogen-bond acceptors (Lipinski definition) is 4. The van der Waals surface area contributed by atoms with Crippen LogP contribution in [0.1, 0.15) is 23.2 Å². The summed E-state index contributed by atoms with van der Waals surface area (Å²) in [4.78, 5) is 36.7. The second-order valence-corrected chi connectivity index (χ2v) is 6.85. The van der Waals surface area contributed by atoms with Gasteiger partial charge in [-0.3, -0.25) is 9.59 Å². The zero-order valence-electron chi connectivity index (χ0n) is 16.1. The molecule has 0 bridgehead atoms. The summed E-state index contributed by atoms with van der Waals surface area (Å²) in [5, 5.41) is 13.7. The minimum absolute atomic E-state index is 0.0999. The number of aliphatic carboxylic acids is 1. The van der Waals surface area contributed by atoms with Crippen LogP contribution in [0.4, 0.5) is 14.9 Å². The summed E-state index contributed by atoms with van der Waals surface area (Å²) in [6.07, 6.45) is 1.13. The fraction of sp³-hybridized carbons (Fsp3) is 0.286. The van der Waals surface area contributed by atoms with Gasteiger partial charge in [0.15, 0.2) is 0 Å². The molecule has 1 aliphatic rings. The number of rotatable bonds is 6. The maximum Gasteiger partial charge on any atom is 0.322 e. The molecular weight excluding hydrogens is 393 g/mol. The predicted octanol–water partition coefficient (Wildman–Crippen LogP) is 2.72. The molecule has 0 aromatic heterocycles. The van der Waals surface area contributed by atoms with E-state index in [1.54, 1.807) is 29.2 Å². The number of piperidine rings is 1. The number of nitrogens with zero attached hydrogens (tertiary/aromatic N) is 1. The maximum atomic E-state index is 13.3. The lowest BCUT2D eigenvalue weighted by Gasteiger charge is -2.32. The van der Waals surface area contributed by atoms with Gasteiger partial charge < -0.3 is 25.4 Å². The lowest BCUT2D eigenvalue weighted by atomic mass is 10.1. The Hall–Kier alpha value is -3.62. The van der Waals surface area contributed by atoms with Gasteiger partial charge in [0.2, 0.25) is 0 Å². The average Bonchev–Trinajstić information content (AvgIpc) is 2.72. The zero-order chi connectivity index (χ0) is 21.5. The summed E-state index contributed by atoms with van der Waals surface area (Å²) in [5.74, 6) is -1.57. The fourth-order valence-corrected chi connectivity index (χ4v) is 3.11. The monoisotopic (exact) mass is 415 g/mol. The Kier molecular flexibility index (Phi) is 6.84. The number of nitrogens with one attached hydrogen (secondary N) is 2. The van der Waals surface area contributed by atoms with Gasteiger partial charge in [-0.05, 0) is 30.3 Å². The third-order valence-corrected chi connectivity index (χ3v) is 4.60. The van der Waals surface area contributed by atoms with E-state index in [4.69, 9.17) is 9.84 Å². The van der Waals surface area contributed by atoms with Gasteiger partial charge in [-0.1, -0.05) is 12.1 Å². The van der Waals surface area contributed by atoms with E-state index in [2.05, 4.69) is 10.6 Å². The lowest BCUT2D eigenvalue weighted by Crippen LogP contribution is -2.43. The number of hydrogen-bond donors (Lipinski definition) is 3. The highest BCUT2D eigenvalue weighted by molar-refractivity contribution is 5.98. The van der Waals surface area contributed by atoms with Gasteiger partial charge in [0.25, 0.3) is 5.91 Å². The summed E-state index contributed by atoms with van der Waals surface area (Å²) >= 11 is 0. The molecule has 2 aromatic rings. The molecule has 0 unspecified atom stereocenters. The third kappa shape index (κ3) is 5.94. The first kappa shape index (κ1) is 21.1. The molecule has 1 saturated heterocycles. The highest BCUT2D eigenvalue weighted by atomic mass is 19.1. The van der Waals surface area contributed by atoms with Gasteiger partial charge in [0.05, 0.1) is 0 Å². The third-order valence-electron chi connectivity index (χ3n) is 4.60. The van der Waals surface area contributed by atoms with Crippen LogP contribution in [-0.2, 0) is 4.79 Å². The molecule has 9 heteroatoms. The van der Waals surface area contributed by atoms with Crippen LogP contribution in [0.15, 0.2) is 48.5 Å². The van der Waals surface area contributed by atoms with Crippen molar-refractivity contribution in [2.75, 3.05) is 25.0 Å². The van der Waals surface area contributed by atoms with Crippen LogP contribution >= 0.6 is 0 Å². The molecular formula is C21H22FN3O5. The fourth-order valence-electron chi connectivity index (χ4n) is 3.11. The molecule has 0 radical (unpaired) electrons. The second-order valence-electron chi connectivity index (χ2n) is 6.85. The lowest BCUT2D eigenvalue weighted by molar-refractivity contribution is -0.135. The van der Waals surface area contributed by atoms with E-state index in [9.17, 15) is 18.8 Å². The molecule has 1 aliphatic heterocycles. The maximum absolute atomic E-state index is 13.3. The van der Waals surface area contributed by atoms with E-state index in [0.717, 1.165) is 0 Å². The topological polar surface area (TPSA) is 108 Å². The molecule has 3 amide bonds. The van der Waals surface area contributed by atoms with Crippen molar-refractivity contribution in [2.45, 2.75) is 18.9 Å². The van der Waals surface area contributed by atoms with E-state index in [1.165, 1.54) is 24.3 Å². The predicted molar refractivity (Wildman–Crippen MR) is 107 cm³/mol. The molecule has 1 heterocycles. The van der Waals surface area contributed by atoms with Gasteiger partial charge >= 0.3 is 12.0 Å². The van der Waals surface area contributed by atoms with Crippen molar-refractivity contribution in [1.82, 2.24) is 10.2 Å². The van der Waals surface area contributed by atoms with Crippen molar-refractivity contribution in [3.63, 3.8) is 0 Å². The van der Waals surface area contributed by atoms with Crippen LogP contribution in [0.3, 0.4) is 0 Å². The van der Waals surface area contributed by atoms with Crippen LogP contribution in [0, 0.1) is 5.82 Å². The number of benzene rings is 2. The minimum atomic E-state index is -1.14. The molecule has 0 atom stereocenters. The summed E-state index contributed by atoms with van der Waals surface area (Å²) in [7, 11) is 0. The van der Waals surface area contributed by atoms with Crippen molar-refractivity contribution in [1.29, 1.82) is 0 Å². The molecule has 2 aromatic carbocycles. The molecule has 158 valence electrons. The van der Waals surface area contributed by atoms with E-state index in [1.807, 2.05) is 0 Å². The summed E-state index contributed by atoms with van der Waals surface area (Å²) in [5.41, 5.74) is 0.678. The Bertz CT molecular complexity index is 928. The Morgan fingerprint density at radius 3 is 2.53 bits per heavy atom. The SMILES string of the molecule is O=C(O)CNC(=O)c1cccc(NC(=O)N2CCC(Oc3cccc(F)c3)CC2)c1. The summed E-state index contributed by atoms with van der Waals surface area (Å²) in [6, 6.07) is 11.9. The van der Waals surface area contributed by atoms with Crippen molar-refractivity contribution >= 4 is 23.6 Å². The van der Waals surface area contributed by atoms with E-state index >= 15 is 0 Å². The Morgan fingerprint density at radius 1 is 1.10 bits per heavy atom. The van der Waals surface area contributed by atoms with Gasteiger partial charge in [0.1, 0.15) is 24.2 Å². The Balaban J connectivity index is 1.50. The van der Waals surface area contributed by atoms with E-state index in [-0.39, 0.29) is 23.5 Å². The van der Waals surface area contributed by atoms with Gasteiger partial charge in [-0.15, -0.1) is 0 Å². The summed E-state index contributed by atoms with van der Waals surface area (Å²) in [6.45, 7) is 0.470. The molecule has 30 heavy (non-hydrogen) atoms. The number of anilines is 1. The number of carbonyl (C=O) groups is 3. The molecule has 0 spiro atoms. The van der Waals surface area contributed by atoms with Gasteiger partial charge in [-0.25, -0.2) is 9.18 Å². The van der Waals surface area contributed by atoms with E-state index < -0.39 is 18.4 Å². The quantitative estimate of drug-likeness (QED) is 0.672. The van der Waals surface area contributed by atoms with Gasteiger partial charge in [-0.2, -0.15) is 0 Å². The molecule has 0 saturated carbocycles. The van der Waals surface area contributed by atoms with Crippen LogP contribution < -0.4 is 15.4 Å². The first-order chi connectivity index (χ1) is 14.4. The van der Waals surface area contributed by atoms with Crippen molar-refractivity contribution in [2.24, 2.45) is 0 Å². The Labute approximate surface area is 172 Å². The average molecular weight is 415 g/mol. The number of carboxylic acids is 1. The normalized spacial score (nSPS) is 14.1. The highest BCUT2D eigenvalue weighted by Gasteiger charge is 2.24. The molecule has 8 nitrogen and oxygen atoms in total. The largest absolute Gasteiger partial charge is 0.490 e. The number of amides is 3. The van der Waals surface area contributed by atoms with Crippen LogP contribution in [0.2, 0.25) is 0 Å². The number of ether oxygens (including phenoxy) is 1. The van der Waals surface area contributed by atoms with Crippen molar-refractivity contribution in [3.05, 3.63) is 59.9 Å². The minimum Gasteiger partial charge on any atom is -0.490 e. The molecule has 3 N–H and O–H groups in total. The van der Waals surface area contributed by atoms with Crippen LogP contribution in [-0.4, -0.2) is 53.7 Å². The van der Waals surface area contributed by atoms with E-state index in [0.29, 0.717) is 37.4 Å². The highest BCUT2D eigenvalue weighted by Crippen LogP contribution is 2.20. The van der Waals surface area contributed by atoms with Crippen molar-refractivity contribution in [3.8, 4) is 5.75 Å². The van der Waals surface area contributed by atoms with Crippen LogP contribution in [0.25, 0.3) is 0 Å². The number of halogens is 1. The number of urea groups is 1. The molecule has 0 aliphatic carbocycles. The molecule has 3 rings (SSSR count). The van der Waals surface area contributed by atoms with Gasteiger partial charge in [0, 0.05) is 43.2 Å². The smallest absolute Gasteiger partial charge is 0.322 e. The van der Waals surface area contributed by atoms with Crippen molar-refractivity contribution < 1.29 is 28.6 Å². The number of carbonyl (C=O) groups excluding carboxylic acids is 2. The zero-order valence-corrected chi connectivity index (χ0v) is 16.1. The Morgan fingerprint density at radius 2 is 1.83 bits per heavy atom. The summed E-state index contributed by atoms with van der Waals surface area (Å²) < 4.78 is 19.0. The second kappa shape index (κ2) is 9.73. The standard InChI is InChI=1S/C21H22FN3O5/c22-15-4-2-6-18(12-15)30-17-7-9-25(10-8-17)21(29)24-16-5-1-3-14(11-16)20(28)23-13-19(26)27/h1-6,11-12,17H,7-10,13H2,(H,23,28)(H,24,29)(H,26,27). The molecule has 1 fully saturated rings. The first-order valence-electron chi connectivity index (χ1n) is 9.49. The number of likely N-dealkylation sites (tertiary alicyclic amines) is 1. The number of carboxylic acid groups (broad SMARTS) is 1.